The number of rotatable bonds is 4. The van der Waals surface area contributed by atoms with Gasteiger partial charge in [-0.2, -0.15) is 0 Å². The van der Waals surface area contributed by atoms with Crippen molar-refractivity contribution < 1.29 is 4.74 Å². The van der Waals surface area contributed by atoms with Gasteiger partial charge in [-0.15, -0.1) is 0 Å². The van der Waals surface area contributed by atoms with Gasteiger partial charge in [-0.05, 0) is 25.4 Å². The first-order valence-electron chi connectivity index (χ1n) is 4.76. The molecule has 0 aromatic carbocycles. The Labute approximate surface area is 79.1 Å². The molecule has 0 aromatic heterocycles. The zero-order valence-electron chi connectivity index (χ0n) is 9.32. The minimum Gasteiger partial charge on any atom is -0.371 e. The van der Waals surface area contributed by atoms with E-state index in [-0.39, 0.29) is 5.34 Å². The van der Waals surface area contributed by atoms with E-state index >= 15 is 0 Å². The summed E-state index contributed by atoms with van der Waals surface area (Å²) in [5.74, 6) is 0. The van der Waals surface area contributed by atoms with Crippen molar-refractivity contribution in [2.24, 2.45) is 0 Å². The van der Waals surface area contributed by atoms with Crippen LogP contribution in [0.15, 0.2) is 0 Å². The summed E-state index contributed by atoms with van der Waals surface area (Å²) < 4.78 is 5.77. The lowest BCUT2D eigenvalue weighted by atomic mass is 10.2. The maximum atomic E-state index is 5.77. The molecule has 0 saturated carbocycles. The maximum Gasteiger partial charge on any atom is 0.0815 e. The SMILES string of the molecule is CCOC(C)(CC)PC(C)(C)C. The predicted molar refractivity (Wildman–Crippen MR) is 58.4 cm³/mol. The van der Waals surface area contributed by atoms with Crippen LogP contribution in [0.2, 0.25) is 0 Å². The van der Waals surface area contributed by atoms with Crippen LogP contribution in [0, 0.1) is 0 Å². The fraction of sp³-hybridized carbons (Fsp3) is 1.00. The zero-order chi connectivity index (χ0) is 9.83. The van der Waals surface area contributed by atoms with Gasteiger partial charge in [0.25, 0.3) is 0 Å². The highest BCUT2D eigenvalue weighted by Gasteiger charge is 2.28. The van der Waals surface area contributed by atoms with Crippen molar-refractivity contribution in [3.8, 4) is 0 Å². The molecule has 0 aliphatic heterocycles. The van der Waals surface area contributed by atoms with Crippen LogP contribution < -0.4 is 0 Å². The average molecular weight is 190 g/mol. The Morgan fingerprint density at radius 1 is 1.08 bits per heavy atom. The summed E-state index contributed by atoms with van der Waals surface area (Å²) >= 11 is 0. The van der Waals surface area contributed by atoms with E-state index < -0.39 is 0 Å². The highest BCUT2D eigenvalue weighted by Crippen LogP contribution is 2.45. The van der Waals surface area contributed by atoms with Crippen LogP contribution in [0.5, 0.6) is 0 Å². The van der Waals surface area contributed by atoms with E-state index in [1.165, 1.54) is 0 Å². The molecule has 0 amide bonds. The van der Waals surface area contributed by atoms with Gasteiger partial charge in [0, 0.05) is 6.61 Å². The molecule has 2 heteroatoms. The molecule has 0 aliphatic rings. The van der Waals surface area contributed by atoms with E-state index in [4.69, 9.17) is 4.74 Å². The Hall–Kier alpha value is 0.390. The highest BCUT2D eigenvalue weighted by molar-refractivity contribution is 7.41. The van der Waals surface area contributed by atoms with Gasteiger partial charge in [-0.25, -0.2) is 0 Å². The van der Waals surface area contributed by atoms with Crippen molar-refractivity contribution in [3.63, 3.8) is 0 Å². The monoisotopic (exact) mass is 190 g/mol. The lowest BCUT2D eigenvalue weighted by molar-refractivity contribution is 0.0415. The minimum absolute atomic E-state index is 0.104. The third-order valence-electron chi connectivity index (χ3n) is 1.78. The molecule has 0 fully saturated rings. The summed E-state index contributed by atoms with van der Waals surface area (Å²) in [6.07, 6.45) is 1.11. The summed E-state index contributed by atoms with van der Waals surface area (Å²) in [5, 5.41) is 0.493. The van der Waals surface area contributed by atoms with Crippen molar-refractivity contribution in [2.75, 3.05) is 6.61 Å². The summed E-state index contributed by atoms with van der Waals surface area (Å²) in [7, 11) is 0.870. The zero-order valence-corrected chi connectivity index (χ0v) is 10.3. The largest absolute Gasteiger partial charge is 0.371 e. The molecule has 2 unspecified atom stereocenters. The van der Waals surface area contributed by atoms with Gasteiger partial charge in [-0.3, -0.25) is 0 Å². The van der Waals surface area contributed by atoms with Crippen LogP contribution in [0.25, 0.3) is 0 Å². The van der Waals surface area contributed by atoms with Gasteiger partial charge in [0.15, 0.2) is 0 Å². The van der Waals surface area contributed by atoms with Crippen molar-refractivity contribution in [1.29, 1.82) is 0 Å². The van der Waals surface area contributed by atoms with Gasteiger partial charge in [-0.1, -0.05) is 36.3 Å². The molecule has 0 aromatic rings. The van der Waals surface area contributed by atoms with Crippen LogP contribution in [0.3, 0.4) is 0 Å². The molecule has 0 bridgehead atoms. The highest BCUT2D eigenvalue weighted by atomic mass is 31.1. The van der Waals surface area contributed by atoms with E-state index in [0.717, 1.165) is 21.6 Å². The summed E-state index contributed by atoms with van der Waals surface area (Å²) in [6, 6.07) is 0. The summed E-state index contributed by atoms with van der Waals surface area (Å²) in [5.41, 5.74) is 0. The standard InChI is InChI=1S/C10H23OP/c1-7-10(6,11-8-2)12-9(3,4)5/h12H,7-8H2,1-6H3. The second-order valence-electron chi connectivity index (χ2n) is 4.39. The summed E-state index contributed by atoms with van der Waals surface area (Å²) in [4.78, 5) is 0. The van der Waals surface area contributed by atoms with Gasteiger partial charge >= 0.3 is 0 Å². The van der Waals surface area contributed by atoms with E-state index in [2.05, 4.69) is 41.5 Å². The molecule has 0 radical (unpaired) electrons. The molecule has 2 atom stereocenters. The van der Waals surface area contributed by atoms with E-state index in [1.807, 2.05) is 0 Å². The third kappa shape index (κ3) is 5.11. The van der Waals surface area contributed by atoms with Crippen molar-refractivity contribution in [2.45, 2.75) is 58.5 Å². The topological polar surface area (TPSA) is 9.23 Å². The van der Waals surface area contributed by atoms with E-state index in [1.54, 1.807) is 0 Å². The normalized spacial score (nSPS) is 18.5. The van der Waals surface area contributed by atoms with Crippen LogP contribution in [0.4, 0.5) is 0 Å². The Bertz CT molecular complexity index is 128. The molecular weight excluding hydrogens is 167 g/mol. The van der Waals surface area contributed by atoms with Gasteiger partial charge in [0.05, 0.1) is 5.34 Å². The molecule has 1 nitrogen and oxygen atoms in total. The molecule has 12 heavy (non-hydrogen) atoms. The molecular formula is C10H23OP. The second kappa shape index (κ2) is 4.58. The third-order valence-corrected chi connectivity index (χ3v) is 3.55. The second-order valence-corrected chi connectivity index (χ2v) is 7.20. The first-order valence-corrected chi connectivity index (χ1v) is 5.76. The van der Waals surface area contributed by atoms with Crippen molar-refractivity contribution in [1.82, 2.24) is 0 Å². The first-order chi connectivity index (χ1) is 5.33. The number of hydrogen-bond acceptors (Lipinski definition) is 1. The van der Waals surface area contributed by atoms with E-state index in [9.17, 15) is 0 Å². The lowest BCUT2D eigenvalue weighted by Gasteiger charge is -2.34. The molecule has 74 valence electrons. The van der Waals surface area contributed by atoms with Crippen molar-refractivity contribution >= 4 is 8.58 Å². The number of hydrogen-bond donors (Lipinski definition) is 0. The van der Waals surface area contributed by atoms with Crippen LogP contribution >= 0.6 is 8.58 Å². The average Bonchev–Trinajstić information content (AvgIpc) is 1.84. The first kappa shape index (κ1) is 12.4. The number of ether oxygens (including phenoxy) is 1. The predicted octanol–water partition coefficient (Wildman–Crippen LogP) is 3.63. The molecule has 0 aliphatic carbocycles. The van der Waals surface area contributed by atoms with Crippen molar-refractivity contribution in [3.05, 3.63) is 0 Å². The van der Waals surface area contributed by atoms with Gasteiger partial charge in [0.1, 0.15) is 0 Å². The van der Waals surface area contributed by atoms with Gasteiger partial charge in [0.2, 0.25) is 0 Å². The van der Waals surface area contributed by atoms with Crippen LogP contribution in [-0.2, 0) is 4.74 Å². The van der Waals surface area contributed by atoms with Crippen LogP contribution in [-0.4, -0.2) is 17.1 Å². The Balaban J connectivity index is 4.14. The molecule has 0 saturated heterocycles. The maximum absolute atomic E-state index is 5.77. The fourth-order valence-corrected chi connectivity index (χ4v) is 3.32. The molecule has 0 heterocycles. The Morgan fingerprint density at radius 2 is 1.58 bits per heavy atom. The van der Waals surface area contributed by atoms with Gasteiger partial charge < -0.3 is 4.74 Å². The molecule has 0 N–H and O–H groups in total. The Kier molecular flexibility index (Phi) is 4.73. The smallest absolute Gasteiger partial charge is 0.0815 e. The Morgan fingerprint density at radius 3 is 1.83 bits per heavy atom. The molecule has 0 rings (SSSR count). The quantitative estimate of drug-likeness (QED) is 0.615. The van der Waals surface area contributed by atoms with E-state index in [0.29, 0.717) is 5.16 Å². The molecule has 0 spiro atoms. The van der Waals surface area contributed by atoms with Crippen LogP contribution in [0.1, 0.15) is 48.0 Å². The minimum atomic E-state index is 0.104. The fourth-order valence-electron chi connectivity index (χ4n) is 1.34. The summed E-state index contributed by atoms with van der Waals surface area (Å²) in [6.45, 7) is 14.2. The lowest BCUT2D eigenvalue weighted by Crippen LogP contribution is -2.27.